The number of phenols is 1. The molecule has 70 valence electrons. The van der Waals surface area contributed by atoms with E-state index in [1.165, 1.54) is 0 Å². The molecule has 2 N–H and O–H groups in total. The number of aromatic hydroxyl groups is 1. The third-order valence-electron chi connectivity index (χ3n) is 2.35. The van der Waals surface area contributed by atoms with Crippen LogP contribution in [0, 0.1) is 0 Å². The van der Waals surface area contributed by atoms with Crippen molar-refractivity contribution in [3.8, 4) is 5.75 Å². The molecule has 0 aliphatic carbocycles. The lowest BCUT2D eigenvalue weighted by Crippen LogP contribution is -2.05. The highest BCUT2D eigenvalue weighted by molar-refractivity contribution is 5.58. The van der Waals surface area contributed by atoms with Crippen LogP contribution in [0.5, 0.6) is 5.75 Å². The van der Waals surface area contributed by atoms with Gasteiger partial charge in [0.1, 0.15) is 11.9 Å². The summed E-state index contributed by atoms with van der Waals surface area (Å²) in [6, 6.07) is 5.23. The van der Waals surface area contributed by atoms with E-state index in [0.717, 1.165) is 5.69 Å². The molecule has 2 rings (SSSR count). The van der Waals surface area contributed by atoms with E-state index >= 15 is 0 Å². The first-order chi connectivity index (χ1) is 6.27. The fourth-order valence-electron chi connectivity index (χ4n) is 1.64. The van der Waals surface area contributed by atoms with Gasteiger partial charge in [0.05, 0.1) is 0 Å². The zero-order valence-electron chi connectivity index (χ0n) is 7.26. The summed E-state index contributed by atoms with van der Waals surface area (Å²) >= 11 is 0. The highest BCUT2D eigenvalue weighted by atomic mass is 19.1. The first-order valence-electron chi connectivity index (χ1n) is 4.46. The molecule has 0 bridgehead atoms. The molecule has 1 heterocycles. The number of nitrogens with one attached hydrogen (secondary N) is 1. The Labute approximate surface area is 76.4 Å². The molecule has 3 heteroatoms. The Kier molecular flexibility index (Phi) is 2.08. The second kappa shape index (κ2) is 3.24. The highest BCUT2D eigenvalue weighted by Gasteiger charge is 2.17. The first kappa shape index (κ1) is 8.35. The third kappa shape index (κ3) is 1.59. The standard InChI is InChI=1S/C10H12FNO/c11-7-4-5-12-9-2-1-3-10(13)8(9)6-7/h1-3,7,12-13H,4-6H2. The molecule has 1 atom stereocenters. The molecule has 2 nitrogen and oxygen atoms in total. The maximum Gasteiger partial charge on any atom is 0.120 e. The molecule has 13 heavy (non-hydrogen) atoms. The summed E-state index contributed by atoms with van der Waals surface area (Å²) in [5.74, 6) is 0.189. The van der Waals surface area contributed by atoms with Gasteiger partial charge in [-0.2, -0.15) is 0 Å². The van der Waals surface area contributed by atoms with Crippen LogP contribution >= 0.6 is 0 Å². The van der Waals surface area contributed by atoms with Gasteiger partial charge in [0.2, 0.25) is 0 Å². The largest absolute Gasteiger partial charge is 0.508 e. The Balaban J connectivity index is 2.40. The molecular formula is C10H12FNO. The minimum absolute atomic E-state index is 0.189. The molecular weight excluding hydrogens is 169 g/mol. The Morgan fingerprint density at radius 1 is 1.46 bits per heavy atom. The molecule has 1 unspecified atom stereocenters. The molecule has 1 aromatic carbocycles. The van der Waals surface area contributed by atoms with Crippen molar-refractivity contribution in [3.05, 3.63) is 23.8 Å². The summed E-state index contributed by atoms with van der Waals surface area (Å²) in [7, 11) is 0. The van der Waals surface area contributed by atoms with Crippen molar-refractivity contribution in [2.45, 2.75) is 19.0 Å². The lowest BCUT2D eigenvalue weighted by atomic mass is 10.1. The SMILES string of the molecule is Oc1cccc2c1CC(F)CCN2. The van der Waals surface area contributed by atoms with Crippen LogP contribution in [0.2, 0.25) is 0 Å². The van der Waals surface area contributed by atoms with Gasteiger partial charge in [0, 0.05) is 24.2 Å². The summed E-state index contributed by atoms with van der Waals surface area (Å²) < 4.78 is 13.2. The van der Waals surface area contributed by atoms with Crippen LogP contribution < -0.4 is 5.32 Å². The van der Waals surface area contributed by atoms with Crippen LogP contribution in [0.15, 0.2) is 18.2 Å². The van der Waals surface area contributed by atoms with Crippen molar-refractivity contribution in [1.29, 1.82) is 0 Å². The Morgan fingerprint density at radius 2 is 2.31 bits per heavy atom. The van der Waals surface area contributed by atoms with Crippen LogP contribution in [-0.2, 0) is 6.42 Å². The minimum Gasteiger partial charge on any atom is -0.508 e. The van der Waals surface area contributed by atoms with Crippen LogP contribution in [0.4, 0.5) is 10.1 Å². The van der Waals surface area contributed by atoms with Crippen molar-refractivity contribution < 1.29 is 9.50 Å². The summed E-state index contributed by atoms with van der Waals surface area (Å²) in [5.41, 5.74) is 1.56. The van der Waals surface area contributed by atoms with Gasteiger partial charge in [0.25, 0.3) is 0 Å². The van der Waals surface area contributed by atoms with Crippen LogP contribution in [-0.4, -0.2) is 17.8 Å². The zero-order chi connectivity index (χ0) is 9.26. The smallest absolute Gasteiger partial charge is 0.120 e. The van der Waals surface area contributed by atoms with Crippen molar-refractivity contribution in [2.75, 3.05) is 11.9 Å². The summed E-state index contributed by atoms with van der Waals surface area (Å²) in [6.07, 6.45) is -0.0228. The van der Waals surface area contributed by atoms with E-state index in [4.69, 9.17) is 0 Å². The molecule has 0 amide bonds. The Hall–Kier alpha value is -1.25. The normalized spacial score (nSPS) is 21.5. The van der Waals surface area contributed by atoms with Crippen molar-refractivity contribution >= 4 is 5.69 Å². The Bertz CT molecular complexity index is 314. The van der Waals surface area contributed by atoms with Gasteiger partial charge >= 0.3 is 0 Å². The second-order valence-electron chi connectivity index (χ2n) is 3.32. The fourth-order valence-corrected chi connectivity index (χ4v) is 1.64. The van der Waals surface area contributed by atoms with E-state index in [1.807, 2.05) is 6.07 Å². The number of rotatable bonds is 0. The van der Waals surface area contributed by atoms with Crippen LogP contribution in [0.25, 0.3) is 0 Å². The van der Waals surface area contributed by atoms with Gasteiger partial charge in [-0.3, -0.25) is 0 Å². The van der Waals surface area contributed by atoms with Gasteiger partial charge < -0.3 is 10.4 Å². The number of hydrogen-bond acceptors (Lipinski definition) is 2. The number of hydrogen-bond donors (Lipinski definition) is 2. The molecule has 0 aromatic heterocycles. The molecule has 0 saturated heterocycles. The van der Waals surface area contributed by atoms with Crippen molar-refractivity contribution in [1.82, 2.24) is 0 Å². The molecule has 0 fully saturated rings. The van der Waals surface area contributed by atoms with Gasteiger partial charge in [0.15, 0.2) is 0 Å². The first-order valence-corrected chi connectivity index (χ1v) is 4.46. The number of fused-ring (bicyclic) bond motifs is 1. The van der Waals surface area contributed by atoms with E-state index in [2.05, 4.69) is 5.32 Å². The monoisotopic (exact) mass is 181 g/mol. The van der Waals surface area contributed by atoms with Gasteiger partial charge in [-0.15, -0.1) is 0 Å². The number of phenolic OH excluding ortho intramolecular Hbond substituents is 1. The summed E-state index contributed by atoms with van der Waals surface area (Å²) in [6.45, 7) is 0.637. The maximum atomic E-state index is 13.2. The average molecular weight is 181 g/mol. The van der Waals surface area contributed by atoms with Gasteiger partial charge in [-0.05, 0) is 18.6 Å². The minimum atomic E-state index is -0.845. The van der Waals surface area contributed by atoms with Crippen LogP contribution in [0.3, 0.4) is 0 Å². The maximum absolute atomic E-state index is 13.2. The molecule has 1 aromatic rings. The van der Waals surface area contributed by atoms with E-state index in [1.54, 1.807) is 12.1 Å². The number of halogens is 1. The molecule has 0 saturated carbocycles. The predicted molar refractivity (Wildman–Crippen MR) is 49.8 cm³/mol. The number of alkyl halides is 1. The topological polar surface area (TPSA) is 32.3 Å². The summed E-state index contributed by atoms with van der Waals surface area (Å²) in [4.78, 5) is 0. The average Bonchev–Trinajstić information content (AvgIpc) is 2.28. The predicted octanol–water partition coefficient (Wildman–Crippen LogP) is 2.09. The molecule has 0 radical (unpaired) electrons. The van der Waals surface area contributed by atoms with E-state index in [-0.39, 0.29) is 5.75 Å². The number of anilines is 1. The lowest BCUT2D eigenvalue weighted by molar-refractivity contribution is 0.319. The van der Waals surface area contributed by atoms with E-state index < -0.39 is 6.17 Å². The van der Waals surface area contributed by atoms with Crippen LogP contribution in [0.1, 0.15) is 12.0 Å². The highest BCUT2D eigenvalue weighted by Crippen LogP contribution is 2.29. The van der Waals surface area contributed by atoms with E-state index in [0.29, 0.717) is 24.9 Å². The molecule has 0 spiro atoms. The Morgan fingerprint density at radius 3 is 3.15 bits per heavy atom. The fraction of sp³-hybridized carbons (Fsp3) is 0.400. The third-order valence-corrected chi connectivity index (χ3v) is 2.35. The van der Waals surface area contributed by atoms with Gasteiger partial charge in [-0.1, -0.05) is 6.07 Å². The van der Waals surface area contributed by atoms with Crippen molar-refractivity contribution in [2.24, 2.45) is 0 Å². The molecule has 1 aliphatic heterocycles. The summed E-state index contributed by atoms with van der Waals surface area (Å²) in [5, 5.41) is 12.6. The van der Waals surface area contributed by atoms with Gasteiger partial charge in [-0.25, -0.2) is 4.39 Å². The zero-order valence-corrected chi connectivity index (χ0v) is 7.26. The number of benzene rings is 1. The van der Waals surface area contributed by atoms with Crippen molar-refractivity contribution in [3.63, 3.8) is 0 Å². The van der Waals surface area contributed by atoms with E-state index in [9.17, 15) is 9.50 Å². The molecule has 1 aliphatic rings. The quantitative estimate of drug-likeness (QED) is 0.642. The second-order valence-corrected chi connectivity index (χ2v) is 3.32. The lowest BCUT2D eigenvalue weighted by Gasteiger charge is -2.08.